The molecule has 8 nitrogen and oxygen atoms in total. The van der Waals surface area contributed by atoms with Gasteiger partial charge in [-0.2, -0.15) is 4.98 Å². The van der Waals surface area contributed by atoms with Crippen LogP contribution >= 0.6 is 0 Å². The Balaban J connectivity index is 1.55. The number of carbonyl (C=O) groups excluding carboxylic acids is 1. The molecule has 1 aromatic carbocycles. The van der Waals surface area contributed by atoms with Gasteiger partial charge in [0, 0.05) is 30.5 Å². The first-order valence-electron chi connectivity index (χ1n) is 9.06. The number of hydrogen-bond donors (Lipinski definition) is 3. The Kier molecular flexibility index (Phi) is 5.88. The van der Waals surface area contributed by atoms with Crippen molar-refractivity contribution in [2.75, 3.05) is 23.7 Å². The van der Waals surface area contributed by atoms with Crippen molar-refractivity contribution in [1.82, 2.24) is 20.4 Å². The quantitative estimate of drug-likeness (QED) is 0.540. The molecule has 0 bridgehead atoms. The van der Waals surface area contributed by atoms with Crippen LogP contribution in [-0.4, -0.2) is 34.1 Å². The van der Waals surface area contributed by atoms with Gasteiger partial charge in [-0.05, 0) is 39.8 Å². The molecule has 0 fully saturated rings. The molecule has 0 saturated heterocycles. The monoisotopic (exact) mass is 380 g/mol. The minimum absolute atomic E-state index is 0.204. The van der Waals surface area contributed by atoms with Crippen molar-refractivity contribution in [3.63, 3.8) is 0 Å². The van der Waals surface area contributed by atoms with Crippen LogP contribution in [0.3, 0.4) is 0 Å². The van der Waals surface area contributed by atoms with Crippen LogP contribution in [-0.2, 0) is 0 Å². The van der Waals surface area contributed by atoms with Gasteiger partial charge in [0.2, 0.25) is 5.95 Å². The van der Waals surface area contributed by atoms with Gasteiger partial charge in [0.1, 0.15) is 17.1 Å². The van der Waals surface area contributed by atoms with Crippen molar-refractivity contribution < 1.29 is 9.32 Å². The number of aryl methyl sites for hydroxylation is 4. The summed E-state index contributed by atoms with van der Waals surface area (Å²) < 4.78 is 5.02. The number of benzene rings is 1. The van der Waals surface area contributed by atoms with Crippen molar-refractivity contribution in [2.24, 2.45) is 0 Å². The van der Waals surface area contributed by atoms with Crippen LogP contribution in [0.1, 0.15) is 33.1 Å². The van der Waals surface area contributed by atoms with E-state index in [4.69, 9.17) is 4.52 Å². The zero-order valence-corrected chi connectivity index (χ0v) is 16.5. The minimum Gasteiger partial charge on any atom is -0.361 e. The molecule has 2 aromatic heterocycles. The van der Waals surface area contributed by atoms with E-state index in [-0.39, 0.29) is 5.91 Å². The molecule has 0 aliphatic rings. The first-order valence-corrected chi connectivity index (χ1v) is 9.06. The van der Waals surface area contributed by atoms with Crippen LogP contribution in [0.25, 0.3) is 0 Å². The van der Waals surface area contributed by atoms with Crippen LogP contribution in [0.2, 0.25) is 0 Å². The lowest BCUT2D eigenvalue weighted by atomic mass is 10.2. The molecule has 0 atom stereocenters. The molecule has 0 radical (unpaired) electrons. The number of nitrogens with one attached hydrogen (secondary N) is 3. The van der Waals surface area contributed by atoms with Crippen molar-refractivity contribution >= 4 is 23.4 Å². The Morgan fingerprint density at radius 3 is 2.46 bits per heavy atom. The second-order valence-corrected chi connectivity index (χ2v) is 6.59. The van der Waals surface area contributed by atoms with E-state index in [1.165, 1.54) is 5.56 Å². The van der Waals surface area contributed by atoms with Gasteiger partial charge in [-0.25, -0.2) is 4.98 Å². The summed E-state index contributed by atoms with van der Waals surface area (Å²) in [4.78, 5) is 21.1. The third kappa shape index (κ3) is 4.85. The van der Waals surface area contributed by atoms with Gasteiger partial charge < -0.3 is 20.5 Å². The summed E-state index contributed by atoms with van der Waals surface area (Å²) in [6, 6.07) is 9.97. The Morgan fingerprint density at radius 2 is 1.79 bits per heavy atom. The number of aromatic nitrogens is 3. The van der Waals surface area contributed by atoms with Crippen molar-refractivity contribution in [3.8, 4) is 0 Å². The van der Waals surface area contributed by atoms with Crippen LogP contribution in [0.5, 0.6) is 0 Å². The molecule has 0 spiro atoms. The Hall–Kier alpha value is -3.42. The molecule has 146 valence electrons. The van der Waals surface area contributed by atoms with E-state index < -0.39 is 0 Å². The van der Waals surface area contributed by atoms with Crippen LogP contribution < -0.4 is 16.0 Å². The second-order valence-electron chi connectivity index (χ2n) is 6.59. The Bertz CT molecular complexity index is 946. The highest BCUT2D eigenvalue weighted by Gasteiger charge is 2.16. The van der Waals surface area contributed by atoms with E-state index >= 15 is 0 Å². The second kappa shape index (κ2) is 8.51. The number of carbonyl (C=O) groups is 1. The highest BCUT2D eigenvalue weighted by Crippen LogP contribution is 2.17. The fourth-order valence-electron chi connectivity index (χ4n) is 2.74. The highest BCUT2D eigenvalue weighted by molar-refractivity contribution is 5.96. The smallest absolute Gasteiger partial charge is 0.256 e. The first-order chi connectivity index (χ1) is 13.4. The maximum Gasteiger partial charge on any atom is 0.256 e. The normalized spacial score (nSPS) is 10.6. The lowest BCUT2D eigenvalue weighted by Gasteiger charge is -2.10. The predicted molar refractivity (Wildman–Crippen MR) is 108 cm³/mol. The molecular formula is C20H24N6O2. The summed E-state index contributed by atoms with van der Waals surface area (Å²) in [5, 5.41) is 13.0. The van der Waals surface area contributed by atoms with Gasteiger partial charge in [-0.3, -0.25) is 4.79 Å². The summed E-state index contributed by atoms with van der Waals surface area (Å²) >= 11 is 0. The third-order valence-electron chi connectivity index (χ3n) is 4.13. The minimum atomic E-state index is -0.204. The maximum absolute atomic E-state index is 12.2. The molecule has 2 heterocycles. The van der Waals surface area contributed by atoms with E-state index in [0.717, 1.165) is 11.4 Å². The zero-order chi connectivity index (χ0) is 20.1. The highest BCUT2D eigenvalue weighted by atomic mass is 16.5. The van der Waals surface area contributed by atoms with Crippen LogP contribution in [0, 0.1) is 27.7 Å². The Labute approximate surface area is 163 Å². The predicted octanol–water partition coefficient (Wildman–Crippen LogP) is 3.28. The van der Waals surface area contributed by atoms with E-state index in [1.54, 1.807) is 13.8 Å². The summed E-state index contributed by atoms with van der Waals surface area (Å²) in [6.45, 7) is 8.32. The molecule has 28 heavy (non-hydrogen) atoms. The van der Waals surface area contributed by atoms with E-state index in [9.17, 15) is 4.79 Å². The van der Waals surface area contributed by atoms with Gasteiger partial charge >= 0.3 is 0 Å². The molecule has 0 aliphatic heterocycles. The van der Waals surface area contributed by atoms with Crippen LogP contribution in [0.15, 0.2) is 34.9 Å². The van der Waals surface area contributed by atoms with Gasteiger partial charge in [0.15, 0.2) is 0 Å². The Morgan fingerprint density at radius 1 is 1.04 bits per heavy atom. The third-order valence-corrected chi connectivity index (χ3v) is 4.13. The number of amides is 1. The van der Waals surface area contributed by atoms with E-state index in [2.05, 4.69) is 31.1 Å². The average Bonchev–Trinajstić information content (AvgIpc) is 2.98. The fraction of sp³-hybridized carbons (Fsp3) is 0.300. The van der Waals surface area contributed by atoms with Gasteiger partial charge in [-0.1, -0.05) is 22.9 Å². The van der Waals surface area contributed by atoms with Gasteiger partial charge in [0.25, 0.3) is 5.91 Å². The number of rotatable bonds is 7. The molecule has 3 N–H and O–H groups in total. The SMILES string of the molecule is Cc1ccc(Nc2cc(C)nc(NCCNC(=O)c3c(C)noc3C)n2)cc1. The number of nitrogens with zero attached hydrogens (tertiary/aromatic N) is 3. The van der Waals surface area contributed by atoms with Crippen LogP contribution in [0.4, 0.5) is 17.5 Å². The summed E-state index contributed by atoms with van der Waals surface area (Å²) in [7, 11) is 0. The molecule has 8 heteroatoms. The van der Waals surface area contributed by atoms with Gasteiger partial charge in [0.05, 0.1) is 5.69 Å². The summed E-state index contributed by atoms with van der Waals surface area (Å²) in [5.74, 6) is 1.52. The molecular weight excluding hydrogens is 356 g/mol. The average molecular weight is 380 g/mol. The van der Waals surface area contributed by atoms with E-state index in [1.807, 2.05) is 44.2 Å². The standard InChI is InChI=1S/C20H24N6O2/c1-12-5-7-16(8-6-12)24-17-11-13(2)23-20(25-17)22-10-9-21-19(27)18-14(3)26-28-15(18)4/h5-8,11H,9-10H2,1-4H3,(H,21,27)(H2,22,23,24,25). The lowest BCUT2D eigenvalue weighted by molar-refractivity contribution is 0.0953. The number of anilines is 3. The largest absolute Gasteiger partial charge is 0.361 e. The zero-order valence-electron chi connectivity index (χ0n) is 16.5. The first kappa shape index (κ1) is 19.3. The van der Waals surface area contributed by atoms with Crippen molar-refractivity contribution in [3.05, 3.63) is 58.6 Å². The molecule has 1 amide bonds. The summed E-state index contributed by atoms with van der Waals surface area (Å²) in [6.07, 6.45) is 0. The fourth-order valence-corrected chi connectivity index (χ4v) is 2.74. The molecule has 0 unspecified atom stereocenters. The maximum atomic E-state index is 12.2. The lowest BCUT2D eigenvalue weighted by Crippen LogP contribution is -2.29. The summed E-state index contributed by atoms with van der Waals surface area (Å²) in [5.41, 5.74) is 4.06. The van der Waals surface area contributed by atoms with E-state index in [0.29, 0.717) is 41.9 Å². The molecule has 0 aliphatic carbocycles. The van der Waals surface area contributed by atoms with Crippen molar-refractivity contribution in [2.45, 2.75) is 27.7 Å². The molecule has 0 saturated carbocycles. The molecule has 3 aromatic rings. The topological polar surface area (TPSA) is 105 Å². The van der Waals surface area contributed by atoms with Gasteiger partial charge in [-0.15, -0.1) is 0 Å². The number of hydrogen-bond acceptors (Lipinski definition) is 7. The van der Waals surface area contributed by atoms with Crippen molar-refractivity contribution in [1.29, 1.82) is 0 Å². The molecule has 3 rings (SSSR count).